The minimum Gasteiger partial charge on any atom is -0.456 e. The van der Waals surface area contributed by atoms with Crippen molar-refractivity contribution in [3.8, 4) is 22.3 Å². The van der Waals surface area contributed by atoms with Gasteiger partial charge in [0, 0.05) is 21.5 Å². The second kappa shape index (κ2) is 9.91. The lowest BCUT2D eigenvalue weighted by atomic mass is 10.0. The Morgan fingerprint density at radius 3 is 1.10 bits per heavy atom. The molecule has 2 heteroatoms. The summed E-state index contributed by atoms with van der Waals surface area (Å²) in [5.41, 5.74) is 11.3. The lowest BCUT2D eigenvalue weighted by molar-refractivity contribution is 0.668. The molecule has 0 spiro atoms. The summed E-state index contributed by atoms with van der Waals surface area (Å²) in [6, 6.07) is 46.4. The smallest absolute Gasteiger partial charge is 0.135 e. The number of rotatable bonds is 2. The Bertz CT molecular complexity index is 1950. The molecule has 2 nitrogen and oxygen atoms in total. The molecule has 6 aromatic carbocycles. The van der Waals surface area contributed by atoms with Gasteiger partial charge in [0.25, 0.3) is 0 Å². The highest BCUT2D eigenvalue weighted by Gasteiger charge is 2.09. The number of benzene rings is 6. The van der Waals surface area contributed by atoms with Crippen LogP contribution in [0.1, 0.15) is 11.1 Å². The van der Waals surface area contributed by atoms with Crippen LogP contribution >= 0.6 is 0 Å². The van der Waals surface area contributed by atoms with Crippen LogP contribution < -0.4 is 0 Å². The summed E-state index contributed by atoms with van der Waals surface area (Å²) >= 11 is 0. The maximum absolute atomic E-state index is 5.86. The first-order valence-corrected chi connectivity index (χ1v) is 13.6. The average Bonchev–Trinajstić information content (AvgIpc) is 3.56. The molecule has 8 aromatic rings. The van der Waals surface area contributed by atoms with E-state index in [2.05, 4.69) is 123 Å². The minimum atomic E-state index is 0.946. The minimum absolute atomic E-state index is 0.946. The van der Waals surface area contributed by atoms with Gasteiger partial charge in [-0.15, -0.1) is 0 Å². The molecule has 0 aliphatic rings. The molecule has 0 unspecified atom stereocenters. The van der Waals surface area contributed by atoms with Gasteiger partial charge >= 0.3 is 0 Å². The van der Waals surface area contributed by atoms with Gasteiger partial charge < -0.3 is 8.83 Å². The summed E-state index contributed by atoms with van der Waals surface area (Å²) in [4.78, 5) is 0. The molecule has 2 heterocycles. The van der Waals surface area contributed by atoms with E-state index >= 15 is 0 Å². The summed E-state index contributed by atoms with van der Waals surface area (Å²) in [6.45, 7) is 4.22. The number of para-hydroxylation sites is 2. The molecule has 0 N–H and O–H groups in total. The van der Waals surface area contributed by atoms with Crippen LogP contribution in [0.25, 0.3) is 66.1 Å². The zero-order chi connectivity index (χ0) is 27.1. The lowest BCUT2D eigenvalue weighted by Crippen LogP contribution is -1.78. The third-order valence-electron chi connectivity index (χ3n) is 7.52. The first-order chi connectivity index (χ1) is 19.6. The van der Waals surface area contributed by atoms with E-state index in [9.17, 15) is 0 Å². The van der Waals surface area contributed by atoms with Crippen molar-refractivity contribution in [2.45, 2.75) is 13.8 Å². The molecule has 0 fully saturated rings. The van der Waals surface area contributed by atoms with Crippen LogP contribution in [-0.4, -0.2) is 0 Å². The molecule has 2 aromatic heterocycles. The van der Waals surface area contributed by atoms with Gasteiger partial charge in [0.15, 0.2) is 0 Å². The molecule has 0 bridgehead atoms. The van der Waals surface area contributed by atoms with Gasteiger partial charge in [0.2, 0.25) is 0 Å². The Kier molecular flexibility index (Phi) is 5.94. The number of hydrogen-bond donors (Lipinski definition) is 0. The van der Waals surface area contributed by atoms with E-state index in [0.29, 0.717) is 0 Å². The maximum atomic E-state index is 5.86. The quantitative estimate of drug-likeness (QED) is 0.228. The van der Waals surface area contributed by atoms with Gasteiger partial charge in [0.05, 0.1) is 0 Å². The average molecular weight is 517 g/mol. The number of fused-ring (bicyclic) bond motifs is 6. The van der Waals surface area contributed by atoms with Gasteiger partial charge in [-0.1, -0.05) is 108 Å². The maximum Gasteiger partial charge on any atom is 0.135 e. The van der Waals surface area contributed by atoms with E-state index in [1.807, 2.05) is 24.3 Å². The SMILES string of the molecule is Cc1ccc(-c2ccc3oc4ccccc4c3c2)cc1.Cc1ccc(-c2ccc3oc4ccccc4c3c2)cc1. The van der Waals surface area contributed by atoms with Gasteiger partial charge in [-0.25, -0.2) is 0 Å². The number of hydrogen-bond acceptors (Lipinski definition) is 2. The van der Waals surface area contributed by atoms with Gasteiger partial charge in [-0.05, 0) is 72.5 Å². The van der Waals surface area contributed by atoms with Crippen molar-refractivity contribution in [2.75, 3.05) is 0 Å². The van der Waals surface area contributed by atoms with E-state index in [0.717, 1.165) is 22.3 Å². The van der Waals surface area contributed by atoms with Crippen molar-refractivity contribution in [3.63, 3.8) is 0 Å². The predicted octanol–water partition coefficient (Wildman–Crippen LogP) is 11.1. The highest BCUT2D eigenvalue weighted by atomic mass is 16.3. The van der Waals surface area contributed by atoms with E-state index < -0.39 is 0 Å². The summed E-state index contributed by atoms with van der Waals surface area (Å²) < 4.78 is 11.7. The number of aryl methyl sites for hydroxylation is 2. The molecule has 40 heavy (non-hydrogen) atoms. The van der Waals surface area contributed by atoms with Crippen LogP contribution in [0, 0.1) is 13.8 Å². The Morgan fingerprint density at radius 2 is 0.675 bits per heavy atom. The third-order valence-corrected chi connectivity index (χ3v) is 7.52. The normalized spacial score (nSPS) is 11.2. The topological polar surface area (TPSA) is 26.3 Å². The fourth-order valence-corrected chi connectivity index (χ4v) is 5.30. The first kappa shape index (κ1) is 24.0. The zero-order valence-corrected chi connectivity index (χ0v) is 22.5. The summed E-state index contributed by atoms with van der Waals surface area (Å²) in [7, 11) is 0. The van der Waals surface area contributed by atoms with Crippen molar-refractivity contribution in [1.82, 2.24) is 0 Å². The molecule has 0 aliphatic heterocycles. The summed E-state index contributed by atoms with van der Waals surface area (Å²) in [6.07, 6.45) is 0. The summed E-state index contributed by atoms with van der Waals surface area (Å²) in [5.74, 6) is 0. The molecular formula is C38H28O2. The fraction of sp³-hybridized carbons (Fsp3) is 0.0526. The Balaban J connectivity index is 0.000000132. The molecule has 8 rings (SSSR count). The molecule has 0 saturated carbocycles. The Morgan fingerprint density at radius 1 is 0.325 bits per heavy atom. The van der Waals surface area contributed by atoms with Crippen molar-refractivity contribution in [1.29, 1.82) is 0 Å². The third kappa shape index (κ3) is 4.44. The van der Waals surface area contributed by atoms with Crippen LogP contribution in [0.4, 0.5) is 0 Å². The van der Waals surface area contributed by atoms with Crippen LogP contribution in [0.5, 0.6) is 0 Å². The number of furan rings is 2. The Hall–Kier alpha value is -5.08. The first-order valence-electron chi connectivity index (χ1n) is 13.6. The predicted molar refractivity (Wildman–Crippen MR) is 168 cm³/mol. The molecule has 0 saturated heterocycles. The van der Waals surface area contributed by atoms with Crippen molar-refractivity contribution in [2.24, 2.45) is 0 Å². The fourth-order valence-electron chi connectivity index (χ4n) is 5.30. The van der Waals surface area contributed by atoms with Crippen molar-refractivity contribution >= 4 is 43.9 Å². The molecule has 0 aliphatic carbocycles. The van der Waals surface area contributed by atoms with Crippen LogP contribution in [0.2, 0.25) is 0 Å². The second-order valence-electron chi connectivity index (χ2n) is 10.4. The van der Waals surface area contributed by atoms with Gasteiger partial charge in [0.1, 0.15) is 22.3 Å². The van der Waals surface area contributed by atoms with Gasteiger partial charge in [-0.3, -0.25) is 0 Å². The highest BCUT2D eigenvalue weighted by Crippen LogP contribution is 2.33. The van der Waals surface area contributed by atoms with Crippen LogP contribution in [0.3, 0.4) is 0 Å². The zero-order valence-electron chi connectivity index (χ0n) is 22.5. The van der Waals surface area contributed by atoms with Crippen LogP contribution in [-0.2, 0) is 0 Å². The summed E-state index contributed by atoms with van der Waals surface area (Å²) in [5, 5.41) is 4.71. The van der Waals surface area contributed by atoms with Crippen molar-refractivity contribution < 1.29 is 8.83 Å². The van der Waals surface area contributed by atoms with Crippen molar-refractivity contribution in [3.05, 3.63) is 145 Å². The lowest BCUT2D eigenvalue weighted by Gasteiger charge is -2.02. The molecule has 0 atom stereocenters. The molecule has 192 valence electrons. The van der Waals surface area contributed by atoms with E-state index in [-0.39, 0.29) is 0 Å². The van der Waals surface area contributed by atoms with E-state index in [1.165, 1.54) is 54.9 Å². The molecule has 0 amide bonds. The van der Waals surface area contributed by atoms with E-state index in [4.69, 9.17) is 8.83 Å². The molecular weight excluding hydrogens is 488 g/mol. The van der Waals surface area contributed by atoms with E-state index in [1.54, 1.807) is 0 Å². The largest absolute Gasteiger partial charge is 0.456 e. The molecule has 0 radical (unpaired) electrons. The highest BCUT2D eigenvalue weighted by molar-refractivity contribution is 6.07. The Labute approximate surface area is 233 Å². The standard InChI is InChI=1S/2C19H14O/c2*1-13-6-8-14(9-7-13)15-10-11-19-17(12-15)16-4-2-3-5-18(16)20-19/h2*2-12H,1H3. The second-order valence-corrected chi connectivity index (χ2v) is 10.4. The van der Waals surface area contributed by atoms with Crippen LogP contribution in [0.15, 0.2) is 142 Å². The van der Waals surface area contributed by atoms with Gasteiger partial charge in [-0.2, -0.15) is 0 Å². The monoisotopic (exact) mass is 516 g/mol.